The molecule has 0 saturated carbocycles. The van der Waals surface area contributed by atoms with E-state index in [-0.39, 0.29) is 0 Å². The predicted octanol–water partition coefficient (Wildman–Crippen LogP) is 4.06. The van der Waals surface area contributed by atoms with Crippen LogP contribution in [0.4, 0.5) is 0 Å². The number of nitrogens with one attached hydrogen (secondary N) is 1. The van der Waals surface area contributed by atoms with Crippen molar-refractivity contribution in [3.05, 3.63) is 65.9 Å². The molecule has 2 heterocycles. The van der Waals surface area contributed by atoms with Crippen molar-refractivity contribution in [2.75, 3.05) is 19.6 Å². The van der Waals surface area contributed by atoms with Crippen LogP contribution < -0.4 is 10.5 Å². The van der Waals surface area contributed by atoms with E-state index in [9.17, 15) is 0 Å². The minimum absolute atomic E-state index is 0.303. The number of benzene rings is 2. The van der Waals surface area contributed by atoms with Crippen molar-refractivity contribution in [2.45, 2.75) is 31.8 Å². The van der Waals surface area contributed by atoms with Gasteiger partial charge in [-0.2, -0.15) is 0 Å². The number of oxime groups is 1. The second-order valence-electron chi connectivity index (χ2n) is 7.68. The van der Waals surface area contributed by atoms with Crippen molar-refractivity contribution < 1.29 is 9.94 Å². The zero-order valence-corrected chi connectivity index (χ0v) is 16.6. The summed E-state index contributed by atoms with van der Waals surface area (Å²) in [6.45, 7) is 3.62. The Hall–Kier alpha value is -2.99. The second-order valence-corrected chi connectivity index (χ2v) is 7.68. The Morgan fingerprint density at radius 1 is 1.21 bits per heavy atom. The van der Waals surface area contributed by atoms with Gasteiger partial charge in [0.25, 0.3) is 0 Å². The first kappa shape index (κ1) is 19.3. The van der Waals surface area contributed by atoms with Crippen LogP contribution in [0.5, 0.6) is 5.75 Å². The number of rotatable bonds is 8. The van der Waals surface area contributed by atoms with Crippen molar-refractivity contribution in [3.63, 3.8) is 0 Å². The topological polar surface area (TPSA) is 86.9 Å². The number of fused-ring (bicyclic) bond motifs is 1. The maximum atomic E-state index is 8.67. The lowest BCUT2D eigenvalue weighted by Crippen LogP contribution is -2.23. The lowest BCUT2D eigenvalue weighted by Gasteiger charge is -2.16. The molecule has 0 radical (unpaired) electrons. The van der Waals surface area contributed by atoms with E-state index in [0.29, 0.717) is 24.8 Å². The van der Waals surface area contributed by atoms with Gasteiger partial charge in [-0.15, -0.1) is 0 Å². The van der Waals surface area contributed by atoms with Crippen molar-refractivity contribution in [1.29, 1.82) is 0 Å². The minimum atomic E-state index is 0.303. The van der Waals surface area contributed by atoms with Crippen LogP contribution in [-0.2, 0) is 6.61 Å². The van der Waals surface area contributed by atoms with Crippen LogP contribution in [0, 0.1) is 0 Å². The summed E-state index contributed by atoms with van der Waals surface area (Å²) in [5.74, 6) is 1.72. The van der Waals surface area contributed by atoms with E-state index in [1.54, 1.807) is 0 Å². The standard InChI is InChI=1S/C23H28N4O2/c24-22(26-28)10-5-12-27-13-11-18(15-27)19-14-25-20-8-4-9-21(23(19)20)29-16-17-6-2-1-3-7-17/h1-4,6-9,14,18,25,28H,5,10-13,15-16H2,(H2,24,26). The Bertz CT molecular complexity index is 967. The summed E-state index contributed by atoms with van der Waals surface area (Å²) in [5, 5.41) is 12.9. The summed E-state index contributed by atoms with van der Waals surface area (Å²) in [7, 11) is 0. The van der Waals surface area contributed by atoms with Gasteiger partial charge in [-0.05, 0) is 49.2 Å². The first-order valence-corrected chi connectivity index (χ1v) is 10.2. The van der Waals surface area contributed by atoms with Gasteiger partial charge in [-0.1, -0.05) is 41.6 Å². The fourth-order valence-corrected chi connectivity index (χ4v) is 4.18. The summed E-state index contributed by atoms with van der Waals surface area (Å²) in [5.41, 5.74) is 9.20. The molecule has 1 atom stereocenters. The molecular formula is C23H28N4O2. The van der Waals surface area contributed by atoms with Gasteiger partial charge < -0.3 is 25.6 Å². The normalized spacial score (nSPS) is 17.8. The Kier molecular flexibility index (Phi) is 6.00. The molecule has 1 unspecified atom stereocenters. The number of nitrogens with zero attached hydrogens (tertiary/aromatic N) is 2. The molecule has 29 heavy (non-hydrogen) atoms. The molecule has 1 aliphatic rings. The smallest absolute Gasteiger partial charge is 0.139 e. The molecule has 4 rings (SSSR count). The lowest BCUT2D eigenvalue weighted by atomic mass is 9.97. The lowest BCUT2D eigenvalue weighted by molar-refractivity contribution is 0.309. The Balaban J connectivity index is 1.45. The molecule has 4 N–H and O–H groups in total. The average Bonchev–Trinajstić information content (AvgIpc) is 3.40. The number of aromatic amines is 1. The average molecular weight is 393 g/mol. The summed E-state index contributed by atoms with van der Waals surface area (Å²) in [4.78, 5) is 5.89. The Morgan fingerprint density at radius 2 is 2.07 bits per heavy atom. The van der Waals surface area contributed by atoms with E-state index in [1.165, 1.54) is 16.5 Å². The molecule has 6 nitrogen and oxygen atoms in total. The van der Waals surface area contributed by atoms with Gasteiger partial charge in [-0.25, -0.2) is 0 Å². The molecule has 1 saturated heterocycles. The van der Waals surface area contributed by atoms with Gasteiger partial charge in [0.15, 0.2) is 0 Å². The fraction of sp³-hybridized carbons (Fsp3) is 0.348. The Labute approximate surface area is 171 Å². The third-order valence-corrected chi connectivity index (χ3v) is 5.68. The van der Waals surface area contributed by atoms with Crippen LogP contribution >= 0.6 is 0 Å². The van der Waals surface area contributed by atoms with Gasteiger partial charge >= 0.3 is 0 Å². The molecule has 0 amide bonds. The van der Waals surface area contributed by atoms with Crippen molar-refractivity contribution in [1.82, 2.24) is 9.88 Å². The molecule has 1 aliphatic heterocycles. The van der Waals surface area contributed by atoms with Gasteiger partial charge in [0.2, 0.25) is 0 Å². The summed E-state index contributed by atoms with van der Waals surface area (Å²) >= 11 is 0. The van der Waals surface area contributed by atoms with E-state index in [0.717, 1.165) is 43.7 Å². The van der Waals surface area contributed by atoms with E-state index < -0.39 is 0 Å². The predicted molar refractivity (Wildman–Crippen MR) is 116 cm³/mol. The van der Waals surface area contributed by atoms with E-state index >= 15 is 0 Å². The largest absolute Gasteiger partial charge is 0.488 e. The maximum absolute atomic E-state index is 8.67. The molecule has 0 aliphatic carbocycles. The highest BCUT2D eigenvalue weighted by molar-refractivity contribution is 5.90. The molecule has 2 aromatic carbocycles. The first-order valence-electron chi connectivity index (χ1n) is 10.2. The van der Waals surface area contributed by atoms with Crippen molar-refractivity contribution in [3.8, 4) is 5.75 Å². The van der Waals surface area contributed by atoms with Crippen LogP contribution in [0.1, 0.15) is 36.3 Å². The van der Waals surface area contributed by atoms with Crippen molar-refractivity contribution >= 4 is 16.7 Å². The number of H-pyrrole nitrogens is 1. The third-order valence-electron chi connectivity index (χ3n) is 5.68. The first-order chi connectivity index (χ1) is 14.2. The number of aromatic nitrogens is 1. The van der Waals surface area contributed by atoms with Crippen LogP contribution in [0.15, 0.2) is 59.9 Å². The molecule has 6 heteroatoms. The number of likely N-dealkylation sites (tertiary alicyclic amines) is 1. The van der Waals surface area contributed by atoms with E-state index in [2.05, 4.69) is 45.5 Å². The van der Waals surface area contributed by atoms with Gasteiger partial charge in [-0.3, -0.25) is 0 Å². The minimum Gasteiger partial charge on any atom is -0.488 e. The van der Waals surface area contributed by atoms with Crippen molar-refractivity contribution in [2.24, 2.45) is 10.9 Å². The second kappa shape index (κ2) is 9.01. The molecule has 0 bridgehead atoms. The molecular weight excluding hydrogens is 364 g/mol. The number of amidine groups is 1. The quantitative estimate of drug-likeness (QED) is 0.233. The van der Waals surface area contributed by atoms with E-state index in [1.807, 2.05) is 24.3 Å². The monoisotopic (exact) mass is 392 g/mol. The molecule has 1 fully saturated rings. The summed E-state index contributed by atoms with van der Waals surface area (Å²) < 4.78 is 6.21. The molecule has 3 aromatic rings. The Morgan fingerprint density at radius 3 is 2.90 bits per heavy atom. The molecule has 152 valence electrons. The number of ether oxygens (including phenoxy) is 1. The van der Waals surface area contributed by atoms with Gasteiger partial charge in [0.05, 0.1) is 0 Å². The fourth-order valence-electron chi connectivity index (χ4n) is 4.18. The maximum Gasteiger partial charge on any atom is 0.139 e. The van der Waals surface area contributed by atoms with Gasteiger partial charge in [0, 0.05) is 36.0 Å². The zero-order valence-electron chi connectivity index (χ0n) is 16.6. The third kappa shape index (κ3) is 4.54. The SMILES string of the molecule is NC(CCCN1CCC(c2c[nH]c3cccc(OCc4ccccc4)c23)C1)=NO. The highest BCUT2D eigenvalue weighted by Crippen LogP contribution is 2.37. The van der Waals surface area contributed by atoms with E-state index in [4.69, 9.17) is 15.7 Å². The van der Waals surface area contributed by atoms with Crippen LogP contribution in [-0.4, -0.2) is 40.6 Å². The summed E-state index contributed by atoms with van der Waals surface area (Å²) in [6.07, 6.45) is 4.80. The van der Waals surface area contributed by atoms with Crippen LogP contribution in [0.3, 0.4) is 0 Å². The highest BCUT2D eigenvalue weighted by Gasteiger charge is 2.26. The van der Waals surface area contributed by atoms with Crippen LogP contribution in [0.2, 0.25) is 0 Å². The molecule has 1 aromatic heterocycles. The molecule has 0 spiro atoms. The highest BCUT2D eigenvalue weighted by atomic mass is 16.5. The number of nitrogens with two attached hydrogens (primary N) is 1. The van der Waals surface area contributed by atoms with Gasteiger partial charge in [0.1, 0.15) is 18.2 Å². The zero-order chi connectivity index (χ0) is 20.1. The summed E-state index contributed by atoms with van der Waals surface area (Å²) in [6, 6.07) is 16.5. The van der Waals surface area contributed by atoms with Crippen LogP contribution in [0.25, 0.3) is 10.9 Å². The number of hydrogen-bond donors (Lipinski definition) is 3. The number of hydrogen-bond acceptors (Lipinski definition) is 4.